The fraction of sp³-hybridized carbons (Fsp3) is 0.100. The van der Waals surface area contributed by atoms with Crippen LogP contribution in [0, 0.1) is 6.92 Å². The van der Waals surface area contributed by atoms with Gasteiger partial charge >= 0.3 is 0 Å². The van der Waals surface area contributed by atoms with Gasteiger partial charge in [-0.05, 0) is 35.8 Å². The zero-order valence-corrected chi connectivity index (χ0v) is 13.4. The highest BCUT2D eigenvalue weighted by Gasteiger charge is 2.02. The maximum absolute atomic E-state index is 11.9. The summed E-state index contributed by atoms with van der Waals surface area (Å²) in [4.78, 5) is 11.9. The number of carbonyl (C=O) groups is 1. The molecule has 1 amide bonds. The van der Waals surface area contributed by atoms with Crippen molar-refractivity contribution in [1.82, 2.24) is 10.5 Å². The van der Waals surface area contributed by atoms with Gasteiger partial charge in [-0.1, -0.05) is 53.7 Å². The Morgan fingerprint density at radius 1 is 1.08 bits per heavy atom. The zero-order valence-electron chi connectivity index (χ0n) is 13.4. The van der Waals surface area contributed by atoms with Crippen LogP contribution in [0.1, 0.15) is 17.0 Å². The topological polar surface area (TPSA) is 55.1 Å². The van der Waals surface area contributed by atoms with Crippen molar-refractivity contribution in [3.63, 3.8) is 0 Å². The van der Waals surface area contributed by atoms with Crippen molar-refractivity contribution in [3.05, 3.63) is 83.8 Å². The number of hydrogen-bond donors (Lipinski definition) is 1. The molecule has 0 fully saturated rings. The Labute approximate surface area is 140 Å². The molecule has 24 heavy (non-hydrogen) atoms. The van der Waals surface area contributed by atoms with Crippen LogP contribution < -0.4 is 5.32 Å². The van der Waals surface area contributed by atoms with Gasteiger partial charge in [-0.25, -0.2) is 0 Å². The van der Waals surface area contributed by atoms with Crippen LogP contribution in [-0.4, -0.2) is 11.1 Å². The lowest BCUT2D eigenvalue weighted by molar-refractivity contribution is -0.116. The predicted octanol–water partition coefficient (Wildman–Crippen LogP) is 3.98. The fourth-order valence-corrected chi connectivity index (χ4v) is 2.36. The Bertz CT molecular complexity index is 851. The number of amides is 1. The second-order valence-corrected chi connectivity index (χ2v) is 5.48. The van der Waals surface area contributed by atoms with E-state index < -0.39 is 0 Å². The normalized spacial score (nSPS) is 10.9. The van der Waals surface area contributed by atoms with Crippen LogP contribution in [0.2, 0.25) is 0 Å². The van der Waals surface area contributed by atoms with Crippen LogP contribution in [-0.2, 0) is 11.3 Å². The molecule has 0 unspecified atom stereocenters. The number of hydrogen-bond acceptors (Lipinski definition) is 3. The third-order valence-electron chi connectivity index (χ3n) is 3.53. The van der Waals surface area contributed by atoms with Crippen LogP contribution in [0.25, 0.3) is 17.2 Å². The zero-order chi connectivity index (χ0) is 16.8. The Balaban J connectivity index is 1.62. The molecule has 0 aliphatic rings. The monoisotopic (exact) mass is 318 g/mol. The highest BCUT2D eigenvalue weighted by atomic mass is 16.5. The lowest BCUT2D eigenvalue weighted by atomic mass is 10.0. The van der Waals surface area contributed by atoms with Gasteiger partial charge in [-0.15, -0.1) is 0 Å². The van der Waals surface area contributed by atoms with Crippen LogP contribution in [0.3, 0.4) is 0 Å². The van der Waals surface area contributed by atoms with Crippen molar-refractivity contribution in [3.8, 4) is 11.1 Å². The summed E-state index contributed by atoms with van der Waals surface area (Å²) in [6.07, 6.45) is 3.32. The summed E-state index contributed by atoms with van der Waals surface area (Å²) in [5, 5.41) is 6.55. The number of benzene rings is 2. The molecule has 120 valence electrons. The summed E-state index contributed by atoms with van der Waals surface area (Å²) in [5.41, 5.74) is 4.04. The van der Waals surface area contributed by atoms with Gasteiger partial charge in [0.25, 0.3) is 0 Å². The Kier molecular flexibility index (Phi) is 4.87. The first-order valence-electron chi connectivity index (χ1n) is 7.74. The van der Waals surface area contributed by atoms with Crippen molar-refractivity contribution < 1.29 is 9.32 Å². The Hall–Kier alpha value is -3.14. The molecule has 1 N–H and O–H groups in total. The largest absolute Gasteiger partial charge is 0.359 e. The predicted molar refractivity (Wildman–Crippen MR) is 94.0 cm³/mol. The lowest BCUT2D eigenvalue weighted by Crippen LogP contribution is -2.19. The first kappa shape index (κ1) is 15.7. The van der Waals surface area contributed by atoms with Crippen molar-refractivity contribution in [1.29, 1.82) is 0 Å². The maximum Gasteiger partial charge on any atom is 0.244 e. The summed E-state index contributed by atoms with van der Waals surface area (Å²) < 4.78 is 5.05. The van der Waals surface area contributed by atoms with Gasteiger partial charge in [0.1, 0.15) is 0 Å². The van der Waals surface area contributed by atoms with E-state index in [-0.39, 0.29) is 5.91 Å². The highest BCUT2D eigenvalue weighted by Crippen LogP contribution is 2.20. The summed E-state index contributed by atoms with van der Waals surface area (Å²) in [7, 11) is 0. The molecule has 0 atom stereocenters. The van der Waals surface area contributed by atoms with E-state index >= 15 is 0 Å². The van der Waals surface area contributed by atoms with Gasteiger partial charge in [-0.2, -0.15) is 0 Å². The molecule has 0 radical (unpaired) electrons. The van der Waals surface area contributed by atoms with E-state index in [0.29, 0.717) is 12.3 Å². The average Bonchev–Trinajstić information content (AvgIpc) is 3.04. The highest BCUT2D eigenvalue weighted by molar-refractivity contribution is 5.91. The van der Waals surface area contributed by atoms with Crippen molar-refractivity contribution in [2.75, 3.05) is 0 Å². The smallest absolute Gasteiger partial charge is 0.244 e. The van der Waals surface area contributed by atoms with Gasteiger partial charge < -0.3 is 9.84 Å². The minimum Gasteiger partial charge on any atom is -0.359 e. The average molecular weight is 318 g/mol. The number of rotatable bonds is 5. The standard InChI is InChI=1S/C20H18N2O2/c1-15-12-19(24-22-15)14-21-20(23)11-10-16-6-5-9-18(13-16)17-7-3-2-4-8-17/h2-13H,14H2,1H3,(H,21,23). The van der Waals surface area contributed by atoms with E-state index in [1.807, 2.05) is 37.3 Å². The van der Waals surface area contributed by atoms with E-state index in [2.05, 4.69) is 34.7 Å². The van der Waals surface area contributed by atoms with Gasteiger partial charge in [0.2, 0.25) is 5.91 Å². The molecule has 3 rings (SSSR count). The lowest BCUT2D eigenvalue weighted by Gasteiger charge is -2.03. The molecule has 0 saturated carbocycles. The van der Waals surface area contributed by atoms with Crippen LogP contribution in [0.15, 0.2) is 71.3 Å². The third kappa shape index (κ3) is 4.20. The molecule has 2 aromatic carbocycles. The van der Waals surface area contributed by atoms with Crippen LogP contribution >= 0.6 is 0 Å². The molecular weight excluding hydrogens is 300 g/mol. The third-order valence-corrected chi connectivity index (χ3v) is 3.53. The molecule has 3 aromatic rings. The fourth-order valence-electron chi connectivity index (χ4n) is 2.36. The number of carbonyl (C=O) groups excluding carboxylic acids is 1. The minimum absolute atomic E-state index is 0.172. The molecule has 4 nitrogen and oxygen atoms in total. The number of nitrogens with zero attached hydrogens (tertiary/aromatic N) is 1. The van der Waals surface area contributed by atoms with Crippen LogP contribution in [0.4, 0.5) is 0 Å². The first-order valence-corrected chi connectivity index (χ1v) is 7.74. The Morgan fingerprint density at radius 3 is 2.62 bits per heavy atom. The number of aromatic nitrogens is 1. The van der Waals surface area contributed by atoms with E-state index in [9.17, 15) is 4.79 Å². The molecule has 0 bridgehead atoms. The summed E-state index contributed by atoms with van der Waals surface area (Å²) in [6, 6.07) is 20.0. The summed E-state index contributed by atoms with van der Waals surface area (Å²) >= 11 is 0. The summed E-state index contributed by atoms with van der Waals surface area (Å²) in [5.74, 6) is 0.467. The van der Waals surface area contributed by atoms with Crippen molar-refractivity contribution in [2.45, 2.75) is 13.5 Å². The van der Waals surface area contributed by atoms with Gasteiger partial charge in [0.15, 0.2) is 5.76 Å². The molecule has 0 saturated heterocycles. The molecular formula is C20H18N2O2. The second-order valence-electron chi connectivity index (χ2n) is 5.48. The summed E-state index contributed by atoms with van der Waals surface area (Å²) in [6.45, 7) is 2.17. The number of nitrogens with one attached hydrogen (secondary N) is 1. The van der Waals surface area contributed by atoms with E-state index in [1.165, 1.54) is 6.08 Å². The first-order chi connectivity index (χ1) is 11.7. The minimum atomic E-state index is -0.172. The molecule has 1 heterocycles. The SMILES string of the molecule is Cc1cc(CNC(=O)C=Cc2cccc(-c3ccccc3)c2)on1. The van der Waals surface area contributed by atoms with Crippen LogP contribution in [0.5, 0.6) is 0 Å². The van der Waals surface area contributed by atoms with E-state index in [4.69, 9.17) is 4.52 Å². The second kappa shape index (κ2) is 7.42. The van der Waals surface area contributed by atoms with Crippen molar-refractivity contribution in [2.24, 2.45) is 0 Å². The maximum atomic E-state index is 11.9. The molecule has 1 aromatic heterocycles. The van der Waals surface area contributed by atoms with E-state index in [0.717, 1.165) is 22.4 Å². The Morgan fingerprint density at radius 2 is 1.88 bits per heavy atom. The molecule has 0 aliphatic carbocycles. The van der Waals surface area contributed by atoms with Gasteiger partial charge in [0.05, 0.1) is 12.2 Å². The van der Waals surface area contributed by atoms with Gasteiger partial charge in [-0.3, -0.25) is 4.79 Å². The number of aryl methyl sites for hydroxylation is 1. The van der Waals surface area contributed by atoms with Crippen molar-refractivity contribution >= 4 is 12.0 Å². The molecule has 0 spiro atoms. The quantitative estimate of drug-likeness (QED) is 0.724. The molecule has 0 aliphatic heterocycles. The molecule has 4 heteroatoms. The van der Waals surface area contributed by atoms with Gasteiger partial charge in [0, 0.05) is 12.1 Å². The van der Waals surface area contributed by atoms with E-state index in [1.54, 1.807) is 12.1 Å².